The zero-order valence-corrected chi connectivity index (χ0v) is 15.6. The summed E-state index contributed by atoms with van der Waals surface area (Å²) in [5, 5.41) is 9.01. The molecular weight excluding hydrogens is 377 g/mol. The zero-order valence-electron chi connectivity index (χ0n) is 15.6. The largest absolute Gasteiger partial charge is 0.456 e. The molecule has 4 rings (SSSR count). The summed E-state index contributed by atoms with van der Waals surface area (Å²) in [6.07, 6.45) is 3.26. The summed E-state index contributed by atoms with van der Waals surface area (Å²) >= 11 is 0. The zero-order chi connectivity index (χ0) is 20.6. The number of guanidine groups is 1. The first kappa shape index (κ1) is 18.8. The van der Waals surface area contributed by atoms with E-state index in [1.54, 1.807) is 7.05 Å². The van der Waals surface area contributed by atoms with Crippen LogP contribution in [0.3, 0.4) is 0 Å². The first-order valence-corrected chi connectivity index (χ1v) is 8.98. The fourth-order valence-electron chi connectivity index (χ4n) is 3.73. The van der Waals surface area contributed by atoms with Crippen molar-refractivity contribution in [3.8, 4) is 17.6 Å². The average Bonchev–Trinajstić information content (AvgIpc) is 2.73. The van der Waals surface area contributed by atoms with Crippen molar-refractivity contribution in [2.24, 2.45) is 16.6 Å². The van der Waals surface area contributed by atoms with Crippen LogP contribution >= 0.6 is 0 Å². The van der Waals surface area contributed by atoms with Gasteiger partial charge >= 0.3 is 0 Å². The molecule has 2 aromatic rings. The van der Waals surface area contributed by atoms with Gasteiger partial charge in [-0.1, -0.05) is 0 Å². The Bertz CT molecular complexity index is 1050. The van der Waals surface area contributed by atoms with Gasteiger partial charge in [0.15, 0.2) is 5.96 Å². The predicted octanol–water partition coefficient (Wildman–Crippen LogP) is 1.90. The Kier molecular flexibility index (Phi) is 4.64. The second-order valence-electron chi connectivity index (χ2n) is 6.95. The molecular formula is C20H18FN5O3. The summed E-state index contributed by atoms with van der Waals surface area (Å²) in [5.74, 6) is -0.700. The van der Waals surface area contributed by atoms with Crippen molar-refractivity contribution in [1.29, 1.82) is 5.26 Å². The summed E-state index contributed by atoms with van der Waals surface area (Å²) in [6.45, 7) is 0.412. The average molecular weight is 395 g/mol. The molecule has 0 unspecified atom stereocenters. The fourth-order valence-corrected chi connectivity index (χ4v) is 3.73. The van der Waals surface area contributed by atoms with Gasteiger partial charge < -0.3 is 15.2 Å². The van der Waals surface area contributed by atoms with Gasteiger partial charge in [-0.15, -0.1) is 0 Å². The number of fused-ring (bicyclic) bond motifs is 1. The molecule has 1 amide bonds. The number of carbonyl (C=O) groups excluding carboxylic acids is 1. The molecule has 0 spiro atoms. The van der Waals surface area contributed by atoms with E-state index >= 15 is 0 Å². The lowest BCUT2D eigenvalue weighted by atomic mass is 9.74. The highest BCUT2D eigenvalue weighted by atomic mass is 19.1. The van der Waals surface area contributed by atoms with E-state index < -0.39 is 17.3 Å². The van der Waals surface area contributed by atoms with E-state index in [4.69, 9.17) is 20.5 Å². The number of carbonyl (C=O) groups is 1. The van der Waals surface area contributed by atoms with Crippen LogP contribution in [0, 0.1) is 23.1 Å². The highest BCUT2D eigenvalue weighted by Crippen LogP contribution is 2.44. The Morgan fingerprint density at radius 2 is 2.21 bits per heavy atom. The van der Waals surface area contributed by atoms with E-state index in [9.17, 15) is 9.18 Å². The minimum atomic E-state index is -1.26. The van der Waals surface area contributed by atoms with Crippen LogP contribution in [0.25, 0.3) is 0 Å². The number of nitriles is 1. The van der Waals surface area contributed by atoms with Gasteiger partial charge in [-0.05, 0) is 24.6 Å². The van der Waals surface area contributed by atoms with Crippen molar-refractivity contribution in [1.82, 2.24) is 9.88 Å². The first-order valence-electron chi connectivity index (χ1n) is 8.98. The molecule has 0 bridgehead atoms. The lowest BCUT2D eigenvalue weighted by Gasteiger charge is -2.45. The van der Waals surface area contributed by atoms with Crippen molar-refractivity contribution in [3.63, 3.8) is 0 Å². The number of hydrogen-bond donors (Lipinski definition) is 1. The number of rotatable bonds is 3. The number of hydrogen-bond acceptors (Lipinski definition) is 7. The third-order valence-electron chi connectivity index (χ3n) is 5.22. The molecule has 1 fully saturated rings. The topological polar surface area (TPSA) is 114 Å². The molecule has 8 nitrogen and oxygen atoms in total. The van der Waals surface area contributed by atoms with Gasteiger partial charge in [-0.2, -0.15) is 5.26 Å². The van der Waals surface area contributed by atoms with Crippen molar-refractivity contribution in [2.45, 2.75) is 12.0 Å². The predicted molar refractivity (Wildman–Crippen MR) is 100 cm³/mol. The number of benzene rings is 1. The van der Waals surface area contributed by atoms with E-state index in [2.05, 4.69) is 9.98 Å². The highest BCUT2D eigenvalue weighted by Gasteiger charge is 2.52. The van der Waals surface area contributed by atoms with Crippen LogP contribution < -0.4 is 10.5 Å². The third-order valence-corrected chi connectivity index (χ3v) is 5.22. The molecule has 0 saturated carbocycles. The minimum absolute atomic E-state index is 0.00777. The van der Waals surface area contributed by atoms with E-state index in [0.29, 0.717) is 30.1 Å². The van der Waals surface area contributed by atoms with Crippen LogP contribution in [-0.2, 0) is 15.1 Å². The number of aliphatic imine (C=N–C) groups is 1. The number of aromatic nitrogens is 1. The van der Waals surface area contributed by atoms with Crippen LogP contribution in [0.2, 0.25) is 0 Å². The van der Waals surface area contributed by atoms with Gasteiger partial charge in [0.25, 0.3) is 0 Å². The van der Waals surface area contributed by atoms with Crippen molar-refractivity contribution >= 4 is 11.9 Å². The molecule has 2 N–H and O–H groups in total. The molecule has 2 atom stereocenters. The fraction of sp³-hybridized carbons (Fsp3) is 0.300. The maximum Gasteiger partial charge on any atom is 0.235 e. The molecule has 0 radical (unpaired) electrons. The number of amides is 1. The Labute approximate surface area is 166 Å². The molecule has 148 valence electrons. The quantitative estimate of drug-likeness (QED) is 0.849. The summed E-state index contributed by atoms with van der Waals surface area (Å²) in [4.78, 5) is 22.5. The van der Waals surface area contributed by atoms with Gasteiger partial charge in [0.1, 0.15) is 28.9 Å². The second kappa shape index (κ2) is 7.14. The minimum Gasteiger partial charge on any atom is -0.456 e. The molecule has 2 aliphatic rings. The normalized spacial score (nSPS) is 23.8. The Morgan fingerprint density at radius 3 is 3.00 bits per heavy atom. The molecule has 3 heterocycles. The SMILES string of the molecule is CN1C(=O)[C@@H]2CCOC[C@]2(c2cc(Oc3cncc(C#N)c3)ccc2F)N=C1N. The summed E-state index contributed by atoms with van der Waals surface area (Å²) in [5.41, 5.74) is 5.20. The number of ether oxygens (including phenoxy) is 2. The Hall–Kier alpha value is -3.51. The third kappa shape index (κ3) is 3.17. The molecule has 29 heavy (non-hydrogen) atoms. The second-order valence-corrected chi connectivity index (χ2v) is 6.95. The summed E-state index contributed by atoms with van der Waals surface area (Å²) in [7, 11) is 1.55. The molecule has 1 saturated heterocycles. The smallest absolute Gasteiger partial charge is 0.235 e. The van der Waals surface area contributed by atoms with Crippen molar-refractivity contribution in [2.75, 3.05) is 20.3 Å². The number of nitrogens with zero attached hydrogens (tertiary/aromatic N) is 4. The van der Waals surface area contributed by atoms with Crippen LogP contribution in [-0.4, -0.2) is 42.0 Å². The van der Waals surface area contributed by atoms with Gasteiger partial charge in [-0.3, -0.25) is 14.7 Å². The van der Waals surface area contributed by atoms with Gasteiger partial charge in [-0.25, -0.2) is 9.38 Å². The van der Waals surface area contributed by atoms with Gasteiger partial charge in [0.2, 0.25) is 5.91 Å². The molecule has 1 aromatic carbocycles. The highest BCUT2D eigenvalue weighted by molar-refractivity contribution is 6.00. The number of halogens is 1. The summed E-state index contributed by atoms with van der Waals surface area (Å²) < 4.78 is 26.3. The van der Waals surface area contributed by atoms with Gasteiger partial charge in [0.05, 0.1) is 24.3 Å². The van der Waals surface area contributed by atoms with Crippen molar-refractivity contribution in [3.05, 3.63) is 53.6 Å². The van der Waals surface area contributed by atoms with Crippen molar-refractivity contribution < 1.29 is 18.7 Å². The monoisotopic (exact) mass is 395 g/mol. The number of pyridine rings is 1. The van der Waals surface area contributed by atoms with Crippen LogP contribution in [0.5, 0.6) is 11.5 Å². The first-order chi connectivity index (χ1) is 13.9. The lowest BCUT2D eigenvalue weighted by Crippen LogP contribution is -2.58. The van der Waals surface area contributed by atoms with E-state index in [1.807, 2.05) is 6.07 Å². The van der Waals surface area contributed by atoms with E-state index in [1.165, 1.54) is 41.6 Å². The van der Waals surface area contributed by atoms with Crippen LogP contribution in [0.15, 0.2) is 41.7 Å². The maximum atomic E-state index is 14.9. The molecule has 9 heteroatoms. The van der Waals surface area contributed by atoms with Crippen LogP contribution in [0.4, 0.5) is 4.39 Å². The van der Waals surface area contributed by atoms with Gasteiger partial charge in [0, 0.05) is 31.5 Å². The Balaban J connectivity index is 1.78. The summed E-state index contributed by atoms with van der Waals surface area (Å²) in [6, 6.07) is 7.70. The lowest BCUT2D eigenvalue weighted by molar-refractivity contribution is -0.140. The molecule has 0 aliphatic carbocycles. The van der Waals surface area contributed by atoms with Crippen LogP contribution in [0.1, 0.15) is 17.5 Å². The molecule has 1 aromatic heterocycles. The standard InChI is InChI=1S/C20H18FN5O3/c1-26-18(27)15-4-5-28-11-20(15,25-19(26)23)16-7-13(2-3-17(16)21)29-14-6-12(8-22)9-24-10-14/h2-3,6-7,9-10,15H,4-5,11H2,1H3,(H2,23,25)/t15-,20-/m0/s1. The number of nitrogens with two attached hydrogens (primary N) is 1. The van der Waals surface area contributed by atoms with E-state index in [0.717, 1.165) is 0 Å². The Morgan fingerprint density at radius 1 is 1.38 bits per heavy atom. The van der Waals surface area contributed by atoms with E-state index in [-0.39, 0.29) is 24.0 Å². The molecule has 2 aliphatic heterocycles. The maximum absolute atomic E-state index is 14.9.